The Kier molecular flexibility index (Phi) is 5.94. The second-order valence-corrected chi connectivity index (χ2v) is 5.89. The zero-order valence-electron chi connectivity index (χ0n) is 10.7. The van der Waals surface area contributed by atoms with Crippen molar-refractivity contribution >= 4 is 15.9 Å². The van der Waals surface area contributed by atoms with Gasteiger partial charge in [-0.25, -0.2) is 13.1 Å². The zero-order valence-corrected chi connectivity index (χ0v) is 11.5. The van der Waals surface area contributed by atoms with Crippen molar-refractivity contribution in [3.05, 3.63) is 30.3 Å². The monoisotopic (exact) mass is 286 g/mol. The van der Waals surface area contributed by atoms with Crippen LogP contribution in [0.5, 0.6) is 0 Å². The molecule has 1 aromatic rings. The molecule has 0 saturated carbocycles. The Bertz CT molecular complexity index is 500. The van der Waals surface area contributed by atoms with E-state index in [9.17, 15) is 13.2 Å². The van der Waals surface area contributed by atoms with Gasteiger partial charge in [0.25, 0.3) is 0 Å². The minimum absolute atomic E-state index is 0.117. The van der Waals surface area contributed by atoms with Crippen LogP contribution in [-0.4, -0.2) is 38.6 Å². The van der Waals surface area contributed by atoms with Crippen LogP contribution in [0, 0.1) is 0 Å². The highest BCUT2D eigenvalue weighted by molar-refractivity contribution is 7.89. The smallest absolute Gasteiger partial charge is 0.241 e. The van der Waals surface area contributed by atoms with E-state index >= 15 is 0 Å². The quantitative estimate of drug-likeness (QED) is 0.649. The van der Waals surface area contributed by atoms with Crippen LogP contribution in [-0.2, 0) is 14.8 Å². The molecule has 6 nitrogen and oxygen atoms in total. The molecule has 0 aliphatic rings. The van der Waals surface area contributed by atoms with Gasteiger partial charge < -0.3 is 10.4 Å². The molecule has 1 rings (SSSR count). The van der Waals surface area contributed by atoms with Crippen LogP contribution < -0.4 is 10.0 Å². The SMILES string of the molecule is CC(O)CCNC(=O)CNS(=O)(=O)c1ccccc1. The molecule has 0 heterocycles. The number of hydrogen-bond donors (Lipinski definition) is 3. The number of sulfonamides is 1. The Morgan fingerprint density at radius 3 is 2.53 bits per heavy atom. The number of hydrogen-bond acceptors (Lipinski definition) is 4. The standard InChI is InChI=1S/C12H18N2O4S/c1-10(15)7-8-13-12(16)9-14-19(17,18)11-5-3-2-4-6-11/h2-6,10,14-15H,7-9H2,1H3,(H,13,16). The number of rotatable bonds is 7. The molecule has 0 aliphatic heterocycles. The Morgan fingerprint density at radius 1 is 1.32 bits per heavy atom. The van der Waals surface area contributed by atoms with E-state index in [1.807, 2.05) is 0 Å². The van der Waals surface area contributed by atoms with Gasteiger partial charge in [-0.15, -0.1) is 0 Å². The Morgan fingerprint density at radius 2 is 1.95 bits per heavy atom. The number of aliphatic hydroxyl groups excluding tert-OH is 1. The molecule has 0 fully saturated rings. The van der Waals surface area contributed by atoms with Crippen LogP contribution in [0.4, 0.5) is 0 Å². The van der Waals surface area contributed by atoms with Gasteiger partial charge in [-0.3, -0.25) is 4.79 Å². The highest BCUT2D eigenvalue weighted by Crippen LogP contribution is 2.06. The van der Waals surface area contributed by atoms with Gasteiger partial charge in [0.05, 0.1) is 17.5 Å². The van der Waals surface area contributed by atoms with Crippen molar-refractivity contribution in [2.24, 2.45) is 0 Å². The molecule has 0 bridgehead atoms. The molecule has 1 atom stereocenters. The summed E-state index contributed by atoms with van der Waals surface area (Å²) in [6.07, 6.45) is -0.0710. The predicted octanol–water partition coefficient (Wildman–Crippen LogP) is -0.148. The summed E-state index contributed by atoms with van der Waals surface area (Å²) in [5, 5.41) is 11.5. The molecule has 0 saturated heterocycles. The van der Waals surface area contributed by atoms with Gasteiger partial charge in [0, 0.05) is 6.54 Å². The van der Waals surface area contributed by atoms with Gasteiger partial charge >= 0.3 is 0 Å². The summed E-state index contributed by atoms with van der Waals surface area (Å²) in [7, 11) is -3.66. The Balaban J connectivity index is 2.42. The largest absolute Gasteiger partial charge is 0.393 e. The molecule has 3 N–H and O–H groups in total. The molecule has 0 radical (unpaired) electrons. The maximum Gasteiger partial charge on any atom is 0.241 e. The molecule has 0 aromatic heterocycles. The van der Waals surface area contributed by atoms with Crippen molar-refractivity contribution < 1.29 is 18.3 Å². The van der Waals surface area contributed by atoms with Gasteiger partial charge in [-0.1, -0.05) is 18.2 Å². The fraction of sp³-hybridized carbons (Fsp3) is 0.417. The minimum atomic E-state index is -3.66. The first-order chi connectivity index (χ1) is 8.92. The molecule has 1 amide bonds. The van der Waals surface area contributed by atoms with Gasteiger partial charge in [0.1, 0.15) is 0 Å². The maximum atomic E-state index is 11.8. The van der Waals surface area contributed by atoms with E-state index in [4.69, 9.17) is 5.11 Å². The molecular formula is C12H18N2O4S. The van der Waals surface area contributed by atoms with E-state index in [1.165, 1.54) is 12.1 Å². The van der Waals surface area contributed by atoms with E-state index in [-0.39, 0.29) is 11.4 Å². The van der Waals surface area contributed by atoms with E-state index < -0.39 is 22.0 Å². The lowest BCUT2D eigenvalue weighted by atomic mass is 10.3. The number of carbonyl (C=O) groups is 1. The van der Waals surface area contributed by atoms with Crippen LogP contribution in [0.2, 0.25) is 0 Å². The Labute approximate surface area is 112 Å². The maximum absolute atomic E-state index is 11.8. The van der Waals surface area contributed by atoms with Gasteiger partial charge in [-0.2, -0.15) is 0 Å². The summed E-state index contributed by atoms with van der Waals surface area (Å²) in [5.41, 5.74) is 0. The fourth-order valence-electron chi connectivity index (χ4n) is 1.33. The van der Waals surface area contributed by atoms with Crippen molar-refractivity contribution in [1.82, 2.24) is 10.0 Å². The first-order valence-corrected chi connectivity index (χ1v) is 7.39. The van der Waals surface area contributed by atoms with Gasteiger partial charge in [0.15, 0.2) is 0 Å². The molecule has 0 aliphatic carbocycles. The molecule has 0 spiro atoms. The van der Waals surface area contributed by atoms with E-state index in [0.717, 1.165) is 0 Å². The fourth-order valence-corrected chi connectivity index (χ4v) is 2.33. The number of aliphatic hydroxyl groups is 1. The van der Waals surface area contributed by atoms with Gasteiger partial charge in [-0.05, 0) is 25.5 Å². The van der Waals surface area contributed by atoms with Crippen molar-refractivity contribution in [2.75, 3.05) is 13.1 Å². The summed E-state index contributed by atoms with van der Waals surface area (Å²) in [6, 6.07) is 7.83. The topological polar surface area (TPSA) is 95.5 Å². The van der Waals surface area contributed by atoms with Crippen molar-refractivity contribution in [1.29, 1.82) is 0 Å². The normalized spacial score (nSPS) is 12.9. The first-order valence-electron chi connectivity index (χ1n) is 5.91. The third-order valence-electron chi connectivity index (χ3n) is 2.36. The van der Waals surface area contributed by atoms with E-state index in [1.54, 1.807) is 25.1 Å². The summed E-state index contributed by atoms with van der Waals surface area (Å²) in [6.45, 7) is 1.60. The minimum Gasteiger partial charge on any atom is -0.393 e. The zero-order chi connectivity index (χ0) is 14.3. The number of carbonyl (C=O) groups excluding carboxylic acids is 1. The lowest BCUT2D eigenvalue weighted by Crippen LogP contribution is -2.37. The van der Waals surface area contributed by atoms with Crippen molar-refractivity contribution in [2.45, 2.75) is 24.3 Å². The van der Waals surface area contributed by atoms with Crippen molar-refractivity contribution in [3.8, 4) is 0 Å². The van der Waals surface area contributed by atoms with Crippen LogP contribution in [0.3, 0.4) is 0 Å². The highest BCUT2D eigenvalue weighted by atomic mass is 32.2. The van der Waals surface area contributed by atoms with Gasteiger partial charge in [0.2, 0.25) is 15.9 Å². The lowest BCUT2D eigenvalue weighted by Gasteiger charge is -2.08. The summed E-state index contributed by atoms with van der Waals surface area (Å²) >= 11 is 0. The number of benzene rings is 1. The predicted molar refractivity (Wildman–Crippen MR) is 70.9 cm³/mol. The summed E-state index contributed by atoms with van der Waals surface area (Å²) < 4.78 is 25.8. The van der Waals surface area contributed by atoms with Crippen molar-refractivity contribution in [3.63, 3.8) is 0 Å². The van der Waals surface area contributed by atoms with Crippen LogP contribution in [0.1, 0.15) is 13.3 Å². The summed E-state index contributed by atoms with van der Waals surface area (Å²) in [5.74, 6) is -0.430. The highest BCUT2D eigenvalue weighted by Gasteiger charge is 2.14. The second kappa shape index (κ2) is 7.22. The molecule has 1 unspecified atom stereocenters. The lowest BCUT2D eigenvalue weighted by molar-refractivity contribution is -0.120. The van der Waals surface area contributed by atoms with Crippen LogP contribution >= 0.6 is 0 Å². The molecular weight excluding hydrogens is 268 g/mol. The number of amides is 1. The third kappa shape index (κ3) is 5.82. The van der Waals surface area contributed by atoms with Crippen LogP contribution in [0.25, 0.3) is 0 Å². The number of nitrogens with one attached hydrogen (secondary N) is 2. The van der Waals surface area contributed by atoms with E-state index in [2.05, 4.69) is 10.0 Å². The summed E-state index contributed by atoms with van der Waals surface area (Å²) in [4.78, 5) is 11.5. The molecule has 7 heteroatoms. The van der Waals surface area contributed by atoms with Crippen LogP contribution in [0.15, 0.2) is 35.2 Å². The van der Waals surface area contributed by atoms with E-state index in [0.29, 0.717) is 13.0 Å². The Hall–Kier alpha value is -1.44. The third-order valence-corrected chi connectivity index (χ3v) is 3.78. The first kappa shape index (κ1) is 15.6. The second-order valence-electron chi connectivity index (χ2n) is 4.13. The average molecular weight is 286 g/mol. The molecule has 106 valence electrons. The molecule has 19 heavy (non-hydrogen) atoms. The average Bonchev–Trinajstić information content (AvgIpc) is 2.37. The molecule has 1 aromatic carbocycles.